The summed E-state index contributed by atoms with van der Waals surface area (Å²) in [5, 5.41) is 4.35. The lowest BCUT2D eigenvalue weighted by Crippen LogP contribution is -2.08. The number of hydrogen-bond acceptors (Lipinski definition) is 5. The molecule has 100 valence electrons. The number of carbonyl (C=O) groups excluding carboxylic acids is 1. The normalized spacial score (nSPS) is 10.7. The summed E-state index contributed by atoms with van der Waals surface area (Å²) in [6.07, 6.45) is 0. The Balaban J connectivity index is 2.15. The standard InChI is InChI=1S/C14H12N4O2/c1-20-14(19)11-3-2-4-12-16-13(17-18(11)12)9-5-7-10(15)8-6-9/h2-8H,15H2,1H3. The van der Waals surface area contributed by atoms with Gasteiger partial charge in [-0.1, -0.05) is 6.07 Å². The number of hydrogen-bond donors (Lipinski definition) is 1. The molecule has 0 aliphatic carbocycles. The third-order valence-corrected chi connectivity index (χ3v) is 2.92. The predicted molar refractivity (Wildman–Crippen MR) is 74.2 cm³/mol. The second-order valence-corrected chi connectivity index (χ2v) is 4.23. The number of nitrogen functional groups attached to an aromatic ring is 1. The summed E-state index contributed by atoms with van der Waals surface area (Å²) in [5.74, 6) is 0.0747. The molecule has 0 aliphatic heterocycles. The molecule has 2 heterocycles. The van der Waals surface area contributed by atoms with Gasteiger partial charge in [0.1, 0.15) is 0 Å². The highest BCUT2D eigenvalue weighted by Crippen LogP contribution is 2.18. The fraction of sp³-hybridized carbons (Fsp3) is 0.0714. The number of benzene rings is 1. The molecule has 2 aromatic heterocycles. The van der Waals surface area contributed by atoms with Crippen molar-refractivity contribution >= 4 is 17.3 Å². The molecule has 0 spiro atoms. The monoisotopic (exact) mass is 268 g/mol. The molecule has 1 aromatic carbocycles. The van der Waals surface area contributed by atoms with Gasteiger partial charge in [0.05, 0.1) is 7.11 Å². The summed E-state index contributed by atoms with van der Waals surface area (Å²) >= 11 is 0. The average Bonchev–Trinajstić information content (AvgIpc) is 2.91. The molecule has 0 unspecified atom stereocenters. The van der Waals surface area contributed by atoms with E-state index in [1.165, 1.54) is 11.6 Å². The van der Waals surface area contributed by atoms with Gasteiger partial charge in [-0.15, -0.1) is 5.10 Å². The number of nitrogens with zero attached hydrogens (tertiary/aromatic N) is 3. The van der Waals surface area contributed by atoms with Gasteiger partial charge in [-0.25, -0.2) is 14.3 Å². The van der Waals surface area contributed by atoms with Crippen molar-refractivity contribution in [3.05, 3.63) is 48.2 Å². The fourth-order valence-electron chi connectivity index (χ4n) is 1.92. The molecular weight excluding hydrogens is 256 g/mol. The van der Waals surface area contributed by atoms with E-state index in [4.69, 9.17) is 10.5 Å². The number of pyridine rings is 1. The molecule has 0 bridgehead atoms. The molecule has 0 radical (unpaired) electrons. The smallest absolute Gasteiger partial charge is 0.356 e. The molecule has 0 saturated carbocycles. The van der Waals surface area contributed by atoms with E-state index < -0.39 is 5.97 Å². The summed E-state index contributed by atoms with van der Waals surface area (Å²) in [5.41, 5.74) is 8.08. The molecule has 0 aliphatic rings. The van der Waals surface area contributed by atoms with Gasteiger partial charge in [0.25, 0.3) is 0 Å². The molecule has 3 rings (SSSR count). The molecule has 0 fully saturated rings. The van der Waals surface area contributed by atoms with Gasteiger partial charge < -0.3 is 10.5 Å². The summed E-state index contributed by atoms with van der Waals surface area (Å²) in [6, 6.07) is 12.4. The first-order valence-corrected chi connectivity index (χ1v) is 5.99. The molecule has 0 saturated heterocycles. The zero-order valence-electron chi connectivity index (χ0n) is 10.8. The average molecular weight is 268 g/mol. The van der Waals surface area contributed by atoms with Gasteiger partial charge in [0.15, 0.2) is 17.2 Å². The van der Waals surface area contributed by atoms with Gasteiger partial charge in [-0.05, 0) is 36.4 Å². The van der Waals surface area contributed by atoms with Crippen LogP contribution >= 0.6 is 0 Å². The van der Waals surface area contributed by atoms with Crippen LogP contribution in [0.3, 0.4) is 0 Å². The van der Waals surface area contributed by atoms with Crippen LogP contribution in [-0.4, -0.2) is 27.7 Å². The van der Waals surface area contributed by atoms with Crippen LogP contribution in [0.25, 0.3) is 17.0 Å². The van der Waals surface area contributed by atoms with Gasteiger partial charge in [-0.3, -0.25) is 0 Å². The number of carbonyl (C=O) groups is 1. The highest BCUT2D eigenvalue weighted by atomic mass is 16.5. The van der Waals surface area contributed by atoms with Crippen LogP contribution in [0.4, 0.5) is 5.69 Å². The summed E-state index contributed by atoms with van der Waals surface area (Å²) < 4.78 is 6.20. The van der Waals surface area contributed by atoms with Gasteiger partial charge in [0, 0.05) is 11.3 Å². The molecule has 6 nitrogen and oxygen atoms in total. The molecule has 6 heteroatoms. The van der Waals surface area contributed by atoms with E-state index in [1.54, 1.807) is 30.3 Å². The lowest BCUT2D eigenvalue weighted by atomic mass is 10.2. The van der Waals surface area contributed by atoms with Crippen molar-refractivity contribution in [2.45, 2.75) is 0 Å². The van der Waals surface area contributed by atoms with Crippen molar-refractivity contribution in [3.63, 3.8) is 0 Å². The first-order valence-electron chi connectivity index (χ1n) is 5.99. The Morgan fingerprint density at radius 1 is 1.20 bits per heavy atom. The van der Waals surface area contributed by atoms with E-state index in [9.17, 15) is 4.79 Å². The van der Waals surface area contributed by atoms with Gasteiger partial charge >= 0.3 is 5.97 Å². The second kappa shape index (κ2) is 4.65. The van der Waals surface area contributed by atoms with Crippen LogP contribution in [-0.2, 0) is 4.74 Å². The van der Waals surface area contributed by atoms with E-state index in [-0.39, 0.29) is 0 Å². The van der Waals surface area contributed by atoms with Crippen LogP contribution in [0.1, 0.15) is 10.5 Å². The van der Waals surface area contributed by atoms with Crippen molar-refractivity contribution in [2.75, 3.05) is 12.8 Å². The number of nitrogens with two attached hydrogens (primary N) is 1. The Kier molecular flexibility index (Phi) is 2.83. The first-order chi connectivity index (χ1) is 9.69. The Hall–Kier alpha value is -2.89. The summed E-state index contributed by atoms with van der Waals surface area (Å²) in [7, 11) is 1.33. The zero-order valence-corrected chi connectivity index (χ0v) is 10.8. The van der Waals surface area contributed by atoms with Gasteiger partial charge in [-0.2, -0.15) is 0 Å². The lowest BCUT2D eigenvalue weighted by Gasteiger charge is -2.00. The Labute approximate surface area is 114 Å². The fourth-order valence-corrected chi connectivity index (χ4v) is 1.92. The van der Waals surface area contributed by atoms with Crippen LogP contribution in [0, 0.1) is 0 Å². The quantitative estimate of drug-likeness (QED) is 0.565. The van der Waals surface area contributed by atoms with Crippen molar-refractivity contribution in [2.24, 2.45) is 0 Å². The van der Waals surface area contributed by atoms with Crippen LogP contribution in [0.15, 0.2) is 42.5 Å². The summed E-state index contributed by atoms with van der Waals surface area (Å²) in [4.78, 5) is 16.1. The maximum atomic E-state index is 11.7. The van der Waals surface area contributed by atoms with Crippen molar-refractivity contribution in [1.82, 2.24) is 14.6 Å². The topological polar surface area (TPSA) is 82.5 Å². The third-order valence-electron chi connectivity index (χ3n) is 2.92. The van der Waals surface area contributed by atoms with E-state index in [0.717, 1.165) is 5.56 Å². The van der Waals surface area contributed by atoms with E-state index in [2.05, 4.69) is 10.1 Å². The SMILES string of the molecule is COC(=O)c1cccc2nc(-c3ccc(N)cc3)nn12. The number of rotatable bonds is 2. The molecule has 0 amide bonds. The Morgan fingerprint density at radius 3 is 2.65 bits per heavy atom. The van der Waals surface area contributed by atoms with E-state index in [1.807, 2.05) is 12.1 Å². The molecule has 2 N–H and O–H groups in total. The minimum atomic E-state index is -0.454. The van der Waals surface area contributed by atoms with E-state index >= 15 is 0 Å². The number of aromatic nitrogens is 3. The van der Waals surface area contributed by atoms with Crippen molar-refractivity contribution in [3.8, 4) is 11.4 Å². The minimum Gasteiger partial charge on any atom is -0.464 e. The molecule has 20 heavy (non-hydrogen) atoms. The Morgan fingerprint density at radius 2 is 1.95 bits per heavy atom. The number of esters is 1. The van der Waals surface area contributed by atoms with Crippen LogP contribution < -0.4 is 5.73 Å². The molecule has 0 atom stereocenters. The second-order valence-electron chi connectivity index (χ2n) is 4.23. The summed E-state index contributed by atoms with van der Waals surface area (Å²) in [6.45, 7) is 0. The number of anilines is 1. The van der Waals surface area contributed by atoms with Crippen LogP contribution in [0.5, 0.6) is 0 Å². The molecular formula is C14H12N4O2. The predicted octanol–water partition coefficient (Wildman–Crippen LogP) is 1.77. The zero-order chi connectivity index (χ0) is 14.1. The highest BCUT2D eigenvalue weighted by molar-refractivity contribution is 5.88. The lowest BCUT2D eigenvalue weighted by molar-refractivity contribution is 0.0591. The maximum absolute atomic E-state index is 11.7. The third kappa shape index (κ3) is 1.97. The molecule has 3 aromatic rings. The highest BCUT2D eigenvalue weighted by Gasteiger charge is 2.14. The largest absolute Gasteiger partial charge is 0.464 e. The number of methoxy groups -OCH3 is 1. The van der Waals surface area contributed by atoms with Crippen molar-refractivity contribution in [1.29, 1.82) is 0 Å². The first kappa shape index (κ1) is 12.2. The van der Waals surface area contributed by atoms with Crippen LogP contribution in [0.2, 0.25) is 0 Å². The number of fused-ring (bicyclic) bond motifs is 1. The van der Waals surface area contributed by atoms with E-state index in [0.29, 0.717) is 22.9 Å². The maximum Gasteiger partial charge on any atom is 0.356 e. The van der Waals surface area contributed by atoms with Crippen molar-refractivity contribution < 1.29 is 9.53 Å². The number of ether oxygens (including phenoxy) is 1. The Bertz CT molecular complexity index is 777. The minimum absolute atomic E-state index is 0.333. The van der Waals surface area contributed by atoms with Gasteiger partial charge in [0.2, 0.25) is 0 Å².